The third-order valence-electron chi connectivity index (χ3n) is 4.88. The summed E-state index contributed by atoms with van der Waals surface area (Å²) < 4.78 is 0. The first-order valence-electron chi connectivity index (χ1n) is 8.25. The van der Waals surface area contributed by atoms with E-state index in [1.165, 1.54) is 43.6 Å². The number of anilines is 1. The van der Waals surface area contributed by atoms with E-state index in [-0.39, 0.29) is 0 Å². The molecule has 0 spiro atoms. The van der Waals surface area contributed by atoms with Crippen LogP contribution in [0.25, 0.3) is 0 Å². The average Bonchev–Trinajstić information content (AvgIpc) is 2.86. The van der Waals surface area contributed by atoms with E-state index in [0.717, 1.165) is 13.0 Å². The molecule has 3 heteroatoms. The Morgan fingerprint density at radius 2 is 1.78 bits per heavy atom. The molecule has 0 fully saturated rings. The molecule has 23 heavy (non-hydrogen) atoms. The van der Waals surface area contributed by atoms with Gasteiger partial charge in [0.05, 0.1) is 11.7 Å². The zero-order chi connectivity index (χ0) is 16.1. The highest BCUT2D eigenvalue weighted by molar-refractivity contribution is 8.14. The maximum absolute atomic E-state index is 4.81. The Labute approximate surface area is 142 Å². The van der Waals surface area contributed by atoms with Crippen LogP contribution in [0.3, 0.4) is 0 Å². The van der Waals surface area contributed by atoms with Crippen molar-refractivity contribution in [3.63, 3.8) is 0 Å². The van der Waals surface area contributed by atoms with E-state index in [1.54, 1.807) is 0 Å². The van der Waals surface area contributed by atoms with E-state index < -0.39 is 0 Å². The molecule has 2 heterocycles. The Hall–Kier alpha value is -1.74. The van der Waals surface area contributed by atoms with Gasteiger partial charge in [-0.3, -0.25) is 4.99 Å². The van der Waals surface area contributed by atoms with Crippen molar-refractivity contribution in [3.8, 4) is 0 Å². The first-order chi connectivity index (χ1) is 11.1. The van der Waals surface area contributed by atoms with Crippen molar-refractivity contribution in [2.24, 2.45) is 4.99 Å². The van der Waals surface area contributed by atoms with Gasteiger partial charge in [-0.1, -0.05) is 29.8 Å². The third-order valence-corrected chi connectivity index (χ3v) is 5.94. The second-order valence-corrected chi connectivity index (χ2v) is 7.68. The van der Waals surface area contributed by atoms with Crippen LogP contribution in [0, 0.1) is 27.7 Å². The molecule has 4 rings (SSSR count). The van der Waals surface area contributed by atoms with Gasteiger partial charge < -0.3 is 4.90 Å². The summed E-state index contributed by atoms with van der Waals surface area (Å²) in [5.74, 6) is 0. The fraction of sp³-hybridized carbons (Fsp3) is 0.350. The summed E-state index contributed by atoms with van der Waals surface area (Å²) in [5, 5.41) is 1.17. The van der Waals surface area contributed by atoms with Crippen molar-refractivity contribution in [2.75, 3.05) is 11.4 Å². The fourth-order valence-electron chi connectivity index (χ4n) is 4.07. The first kappa shape index (κ1) is 14.8. The quantitative estimate of drug-likeness (QED) is 0.705. The Morgan fingerprint density at radius 3 is 2.52 bits per heavy atom. The van der Waals surface area contributed by atoms with Crippen LogP contribution in [0.15, 0.2) is 40.2 Å². The van der Waals surface area contributed by atoms with Gasteiger partial charge in [0, 0.05) is 11.4 Å². The molecule has 0 radical (unpaired) electrons. The molecule has 118 valence electrons. The van der Waals surface area contributed by atoms with Gasteiger partial charge in [0.2, 0.25) is 0 Å². The van der Waals surface area contributed by atoms with Crippen molar-refractivity contribution in [1.29, 1.82) is 0 Å². The smallest absolute Gasteiger partial charge is 0.169 e. The summed E-state index contributed by atoms with van der Waals surface area (Å²) >= 11 is 1.82. The van der Waals surface area contributed by atoms with Gasteiger partial charge in [-0.15, -0.1) is 0 Å². The number of rotatable bonds is 1. The summed E-state index contributed by atoms with van der Waals surface area (Å²) in [6.45, 7) is 9.82. The molecule has 2 aromatic rings. The van der Waals surface area contributed by atoms with Gasteiger partial charge in [0.25, 0.3) is 0 Å². The van der Waals surface area contributed by atoms with Crippen LogP contribution in [0.2, 0.25) is 0 Å². The number of nitrogens with zero attached hydrogens (tertiary/aromatic N) is 2. The van der Waals surface area contributed by atoms with Crippen molar-refractivity contribution in [2.45, 2.75) is 45.1 Å². The minimum Gasteiger partial charge on any atom is -0.312 e. The van der Waals surface area contributed by atoms with Crippen molar-refractivity contribution in [3.05, 3.63) is 58.1 Å². The number of hydrogen-bond acceptors (Lipinski definition) is 3. The summed E-state index contributed by atoms with van der Waals surface area (Å²) in [5.41, 5.74) is 8.34. The van der Waals surface area contributed by atoms with Crippen LogP contribution < -0.4 is 4.90 Å². The molecular weight excluding hydrogens is 300 g/mol. The monoisotopic (exact) mass is 322 g/mol. The molecule has 0 bridgehead atoms. The predicted octanol–water partition coefficient (Wildman–Crippen LogP) is 5.33. The number of fused-ring (bicyclic) bond motifs is 3. The van der Waals surface area contributed by atoms with E-state index in [0.29, 0.717) is 6.04 Å². The number of aryl methyl sites for hydroxylation is 4. The SMILES string of the molecule is Cc1cc(C)c([C@@H]2CCN=C3Sc4cccc(C)c4N32)c(C)c1. The minimum atomic E-state index is 0.401. The lowest BCUT2D eigenvalue weighted by Gasteiger charge is -2.35. The summed E-state index contributed by atoms with van der Waals surface area (Å²) in [4.78, 5) is 8.64. The van der Waals surface area contributed by atoms with Crippen LogP contribution in [-0.4, -0.2) is 11.7 Å². The van der Waals surface area contributed by atoms with Gasteiger partial charge in [0.15, 0.2) is 5.17 Å². The second-order valence-electron chi connectivity index (χ2n) is 6.67. The Balaban J connectivity index is 1.89. The highest BCUT2D eigenvalue weighted by Crippen LogP contribution is 2.49. The first-order valence-corrected chi connectivity index (χ1v) is 9.07. The van der Waals surface area contributed by atoms with Gasteiger partial charge in [0.1, 0.15) is 0 Å². The number of para-hydroxylation sites is 1. The molecule has 0 aliphatic carbocycles. The minimum absolute atomic E-state index is 0.401. The Bertz CT molecular complexity index is 799. The number of benzene rings is 2. The van der Waals surface area contributed by atoms with Crippen LogP contribution in [0.4, 0.5) is 5.69 Å². The largest absolute Gasteiger partial charge is 0.312 e. The van der Waals surface area contributed by atoms with E-state index in [9.17, 15) is 0 Å². The van der Waals surface area contributed by atoms with E-state index in [4.69, 9.17) is 4.99 Å². The standard InChI is InChI=1S/C20H22N2S/c1-12-10-14(3)18(15(4)11-12)16-8-9-21-20-22(16)19-13(2)6-5-7-17(19)23-20/h5-7,10-11,16H,8-9H2,1-4H3/t16-/m0/s1. The maximum atomic E-state index is 4.81. The van der Waals surface area contributed by atoms with Crippen LogP contribution in [0.5, 0.6) is 0 Å². The zero-order valence-electron chi connectivity index (χ0n) is 14.2. The van der Waals surface area contributed by atoms with Crippen LogP contribution >= 0.6 is 11.8 Å². The van der Waals surface area contributed by atoms with Crippen molar-refractivity contribution >= 4 is 22.6 Å². The van der Waals surface area contributed by atoms with Gasteiger partial charge >= 0.3 is 0 Å². The van der Waals surface area contributed by atoms with Crippen molar-refractivity contribution < 1.29 is 0 Å². The summed E-state index contributed by atoms with van der Waals surface area (Å²) in [7, 11) is 0. The average molecular weight is 322 g/mol. The molecule has 0 aromatic heterocycles. The van der Waals surface area contributed by atoms with Gasteiger partial charge in [-0.2, -0.15) is 0 Å². The van der Waals surface area contributed by atoms with Crippen molar-refractivity contribution in [1.82, 2.24) is 0 Å². The molecule has 1 atom stereocenters. The van der Waals surface area contributed by atoms with E-state index in [1.807, 2.05) is 11.8 Å². The molecule has 0 saturated heterocycles. The molecule has 0 saturated carbocycles. The highest BCUT2D eigenvalue weighted by Gasteiger charge is 2.37. The number of amidine groups is 1. The molecule has 2 aromatic carbocycles. The summed E-state index contributed by atoms with van der Waals surface area (Å²) in [6, 6.07) is 11.6. The molecular formula is C20H22N2S. The molecule has 0 N–H and O–H groups in total. The predicted molar refractivity (Wildman–Crippen MR) is 99.8 cm³/mol. The number of hydrogen-bond donors (Lipinski definition) is 0. The zero-order valence-corrected chi connectivity index (χ0v) is 15.0. The topological polar surface area (TPSA) is 15.6 Å². The fourth-order valence-corrected chi connectivity index (χ4v) is 5.24. The van der Waals surface area contributed by atoms with E-state index in [2.05, 4.69) is 62.9 Å². The number of thioether (sulfide) groups is 1. The molecule has 0 amide bonds. The van der Waals surface area contributed by atoms with Crippen LogP contribution in [-0.2, 0) is 0 Å². The Kier molecular flexibility index (Phi) is 3.49. The lowest BCUT2D eigenvalue weighted by Crippen LogP contribution is -2.35. The van der Waals surface area contributed by atoms with Crippen LogP contribution in [0.1, 0.15) is 40.3 Å². The van der Waals surface area contributed by atoms with E-state index >= 15 is 0 Å². The van der Waals surface area contributed by atoms with Gasteiger partial charge in [-0.25, -0.2) is 0 Å². The maximum Gasteiger partial charge on any atom is 0.169 e. The Morgan fingerprint density at radius 1 is 1.04 bits per heavy atom. The normalized spacial score (nSPS) is 19.4. The highest BCUT2D eigenvalue weighted by atomic mass is 32.2. The molecule has 2 aliphatic heterocycles. The molecule has 0 unspecified atom stereocenters. The second kappa shape index (κ2) is 5.41. The lowest BCUT2D eigenvalue weighted by atomic mass is 9.90. The lowest BCUT2D eigenvalue weighted by molar-refractivity contribution is 0.623. The molecule has 2 aliphatic rings. The third kappa shape index (κ3) is 2.29. The van der Waals surface area contributed by atoms with Gasteiger partial charge in [-0.05, 0) is 74.2 Å². The number of aliphatic imine (C=N–C) groups is 1. The molecule has 2 nitrogen and oxygen atoms in total. The summed E-state index contributed by atoms with van der Waals surface area (Å²) in [6.07, 6.45) is 1.09.